The lowest BCUT2D eigenvalue weighted by Crippen LogP contribution is -2.65. The van der Waals surface area contributed by atoms with E-state index >= 15 is 0 Å². The molecular weight excluding hydrogens is 1190 g/mol. The molecule has 0 saturated carbocycles. The number of hydrogen-bond donors (Lipinski definition) is 9. The van der Waals surface area contributed by atoms with Crippen LogP contribution in [0.2, 0.25) is 0 Å². The first-order chi connectivity index (χ1) is 46.6. The monoisotopic (exact) mass is 1350 g/mol. The summed E-state index contributed by atoms with van der Waals surface area (Å²) in [5.74, 6) is -0.201. The molecule has 2 fully saturated rings. The zero-order chi connectivity index (χ0) is 68.7. The normalized spacial score (nSPS) is 22.5. The number of allylic oxidation sites excluding steroid dienone is 8. The number of ether oxygens (including phenoxy) is 4. The van der Waals surface area contributed by atoms with Crippen LogP contribution in [0.3, 0.4) is 0 Å². The van der Waals surface area contributed by atoms with E-state index in [2.05, 4.69) is 67.8 Å². The molecule has 2 saturated heterocycles. The maximum absolute atomic E-state index is 13.4. The van der Waals surface area contributed by atoms with Crippen molar-refractivity contribution < 1.29 is 64.6 Å². The Morgan fingerprint density at radius 1 is 0.389 bits per heavy atom. The smallest absolute Gasteiger partial charge is 0.220 e. The van der Waals surface area contributed by atoms with Crippen LogP contribution in [0.5, 0.6) is 0 Å². The highest BCUT2D eigenvalue weighted by Gasteiger charge is 2.51. The first-order valence-electron chi connectivity index (χ1n) is 40.4. The highest BCUT2D eigenvalue weighted by Crippen LogP contribution is 2.30. The van der Waals surface area contributed by atoms with Crippen LogP contribution >= 0.6 is 0 Å². The Morgan fingerprint density at radius 2 is 0.726 bits per heavy atom. The van der Waals surface area contributed by atoms with Gasteiger partial charge in [0.2, 0.25) is 5.91 Å². The van der Waals surface area contributed by atoms with E-state index in [1.807, 2.05) is 0 Å². The lowest BCUT2D eigenvalue weighted by molar-refractivity contribution is -0.359. The average Bonchev–Trinajstić information content (AvgIpc) is 0.801. The summed E-state index contributed by atoms with van der Waals surface area (Å²) in [6.45, 7) is 2.81. The summed E-state index contributed by atoms with van der Waals surface area (Å²) in [5.41, 5.74) is 0. The van der Waals surface area contributed by atoms with E-state index in [-0.39, 0.29) is 12.5 Å². The van der Waals surface area contributed by atoms with E-state index in [0.717, 1.165) is 77.0 Å². The molecule has 2 heterocycles. The van der Waals surface area contributed by atoms with Gasteiger partial charge in [-0.2, -0.15) is 0 Å². The van der Waals surface area contributed by atoms with Crippen molar-refractivity contribution in [3.05, 3.63) is 48.6 Å². The van der Waals surface area contributed by atoms with Crippen LogP contribution < -0.4 is 5.32 Å². The highest BCUT2D eigenvalue weighted by atomic mass is 16.7. The number of nitrogens with one attached hydrogen (secondary N) is 1. The van der Waals surface area contributed by atoms with Gasteiger partial charge in [0.15, 0.2) is 12.6 Å². The molecule has 0 aromatic carbocycles. The van der Waals surface area contributed by atoms with Crippen molar-refractivity contribution in [3.63, 3.8) is 0 Å². The van der Waals surface area contributed by atoms with Gasteiger partial charge in [-0.25, -0.2) is 0 Å². The molecule has 14 nitrogen and oxygen atoms in total. The van der Waals surface area contributed by atoms with Gasteiger partial charge in [-0.3, -0.25) is 4.79 Å². The van der Waals surface area contributed by atoms with Crippen molar-refractivity contribution >= 4 is 5.91 Å². The second-order valence-corrected chi connectivity index (χ2v) is 28.5. The minimum absolute atomic E-state index is 0.201. The van der Waals surface area contributed by atoms with Gasteiger partial charge in [-0.15, -0.1) is 0 Å². The first kappa shape index (κ1) is 89.0. The molecule has 0 aromatic heterocycles. The third kappa shape index (κ3) is 48.4. The van der Waals surface area contributed by atoms with Crippen LogP contribution in [-0.2, 0) is 23.7 Å². The molecule has 2 rings (SSSR count). The maximum Gasteiger partial charge on any atom is 0.220 e. The van der Waals surface area contributed by atoms with E-state index in [4.69, 9.17) is 18.9 Å². The van der Waals surface area contributed by atoms with Gasteiger partial charge in [0.1, 0.15) is 48.8 Å². The van der Waals surface area contributed by atoms with Crippen LogP contribution in [0.1, 0.15) is 367 Å². The molecule has 0 spiro atoms. The fourth-order valence-electron chi connectivity index (χ4n) is 13.5. The number of aliphatic hydroxyl groups is 8. The largest absolute Gasteiger partial charge is 0.394 e. The zero-order valence-electron chi connectivity index (χ0n) is 61.2. The Hall–Kier alpha value is -2.05. The van der Waals surface area contributed by atoms with Gasteiger partial charge in [0.05, 0.1) is 32.0 Å². The third-order valence-corrected chi connectivity index (χ3v) is 19.8. The predicted molar refractivity (Wildman–Crippen MR) is 392 cm³/mol. The van der Waals surface area contributed by atoms with Gasteiger partial charge in [0, 0.05) is 6.42 Å². The quantitative estimate of drug-likeness (QED) is 0.0204. The number of amides is 1. The highest BCUT2D eigenvalue weighted by molar-refractivity contribution is 5.76. The van der Waals surface area contributed by atoms with Crippen molar-refractivity contribution in [2.75, 3.05) is 19.8 Å². The number of carbonyl (C=O) groups excluding carboxylic acids is 1. The van der Waals surface area contributed by atoms with Gasteiger partial charge in [-0.05, 0) is 51.4 Å². The molecule has 1 amide bonds. The molecule has 2 aliphatic heterocycles. The number of rotatable bonds is 68. The van der Waals surface area contributed by atoms with Crippen molar-refractivity contribution in [1.29, 1.82) is 0 Å². The second kappa shape index (κ2) is 65.3. The standard InChI is InChI=1S/C81H151NO13/c1-3-5-7-9-11-13-15-17-19-21-23-25-27-29-31-33-34-35-37-38-40-42-44-46-48-50-52-54-56-58-60-62-64-70(85)69(68-92-80-78(91)76(89)79(72(67-84)94-80)95-81-77(90)75(88)74(87)71(66-83)93-81)82-73(86)65-63-61-59-57-55-53-51-49-47-45-43-41-39-36-32-30-28-26-24-22-20-18-16-14-12-10-8-6-4-2/h6,8,12,14,18,20,24,26,69-72,74-81,83-85,87-91H,3-5,7,9-11,13,15-17,19,21-23,25,27-68H2,1-2H3,(H,82,86)/b8-6-,14-12-,20-18-,26-24-. The minimum atomic E-state index is -1.78. The number of aliphatic hydroxyl groups excluding tert-OH is 8. The summed E-state index contributed by atoms with van der Waals surface area (Å²) in [4.78, 5) is 13.4. The van der Waals surface area contributed by atoms with Gasteiger partial charge < -0.3 is 65.1 Å². The zero-order valence-corrected chi connectivity index (χ0v) is 61.2. The van der Waals surface area contributed by atoms with Gasteiger partial charge >= 0.3 is 0 Å². The Balaban J connectivity index is 1.60. The Labute approximate surface area is 582 Å². The summed E-state index contributed by atoms with van der Waals surface area (Å²) in [6, 6.07) is -0.832. The molecule has 9 N–H and O–H groups in total. The topological polar surface area (TPSA) is 228 Å². The Kier molecular flexibility index (Phi) is 61.2. The molecule has 95 heavy (non-hydrogen) atoms. The summed E-state index contributed by atoms with van der Waals surface area (Å²) < 4.78 is 23.0. The van der Waals surface area contributed by atoms with E-state index in [1.54, 1.807) is 0 Å². The van der Waals surface area contributed by atoms with Crippen molar-refractivity contribution in [3.8, 4) is 0 Å². The van der Waals surface area contributed by atoms with E-state index in [9.17, 15) is 45.6 Å². The predicted octanol–water partition coefficient (Wildman–Crippen LogP) is 18.2. The Morgan fingerprint density at radius 3 is 1.12 bits per heavy atom. The lowest BCUT2D eigenvalue weighted by atomic mass is 9.97. The first-order valence-corrected chi connectivity index (χ1v) is 40.4. The van der Waals surface area contributed by atoms with Crippen LogP contribution in [0.15, 0.2) is 48.6 Å². The fraction of sp³-hybridized carbons (Fsp3) is 0.889. The molecular formula is C81H151NO13. The third-order valence-electron chi connectivity index (χ3n) is 19.8. The molecule has 12 unspecified atom stereocenters. The van der Waals surface area contributed by atoms with Gasteiger partial charge in [-0.1, -0.05) is 358 Å². The van der Waals surface area contributed by atoms with Crippen LogP contribution in [0.4, 0.5) is 0 Å². The molecule has 14 heteroatoms. The fourth-order valence-corrected chi connectivity index (χ4v) is 13.5. The summed E-state index contributed by atoms with van der Waals surface area (Å²) in [7, 11) is 0. The van der Waals surface area contributed by atoms with Crippen molar-refractivity contribution in [2.45, 2.75) is 441 Å². The number of carbonyl (C=O) groups is 1. The number of hydrogen-bond acceptors (Lipinski definition) is 13. The molecule has 0 radical (unpaired) electrons. The van der Waals surface area contributed by atoms with E-state index in [0.29, 0.717) is 12.8 Å². The summed E-state index contributed by atoms with van der Waals surface area (Å²) in [5, 5.41) is 87.9. The van der Waals surface area contributed by atoms with E-state index in [1.165, 1.54) is 263 Å². The summed E-state index contributed by atoms with van der Waals surface area (Å²) >= 11 is 0. The minimum Gasteiger partial charge on any atom is -0.394 e. The average molecular weight is 1350 g/mol. The molecule has 0 bridgehead atoms. The summed E-state index contributed by atoms with van der Waals surface area (Å²) in [6.07, 6.45) is 70.1. The maximum atomic E-state index is 13.4. The molecule has 0 aromatic rings. The van der Waals surface area contributed by atoms with Gasteiger partial charge in [0.25, 0.3) is 0 Å². The molecule has 12 atom stereocenters. The molecule has 0 aliphatic carbocycles. The van der Waals surface area contributed by atoms with E-state index < -0.39 is 86.8 Å². The lowest BCUT2D eigenvalue weighted by Gasteiger charge is -2.46. The number of unbranched alkanes of at least 4 members (excludes halogenated alkanes) is 47. The molecule has 2 aliphatic rings. The Bertz CT molecular complexity index is 1780. The van der Waals surface area contributed by atoms with Crippen LogP contribution in [-0.4, -0.2) is 140 Å². The van der Waals surface area contributed by atoms with Crippen LogP contribution in [0.25, 0.3) is 0 Å². The molecule has 558 valence electrons. The van der Waals surface area contributed by atoms with Crippen LogP contribution in [0, 0.1) is 0 Å². The second-order valence-electron chi connectivity index (χ2n) is 28.5. The van der Waals surface area contributed by atoms with Crippen molar-refractivity contribution in [2.24, 2.45) is 0 Å². The van der Waals surface area contributed by atoms with Crippen molar-refractivity contribution in [1.82, 2.24) is 5.32 Å². The SMILES string of the molecule is CC/C=C\C/C=C\C/C=C\C/C=C\CCCCCCCCCCCCCCCCCCC(=O)NC(COC1OC(CO)C(OC2OC(CO)C(O)C(O)C2O)C(O)C1O)C(O)CCCCCCCCCCCCCCCCCCCCCCCCCCCCCCCCCC.